The highest BCUT2D eigenvalue weighted by atomic mass is 16.5. The van der Waals surface area contributed by atoms with E-state index < -0.39 is 11.8 Å². The van der Waals surface area contributed by atoms with Crippen LogP contribution in [0.1, 0.15) is 5.56 Å². The maximum Gasteiger partial charge on any atom is 0.314 e. The van der Waals surface area contributed by atoms with Crippen LogP contribution in [0, 0.1) is 6.92 Å². The lowest BCUT2D eigenvalue weighted by molar-refractivity contribution is -0.133. The number of hydrogen-bond acceptors (Lipinski definition) is 5. The predicted octanol–water partition coefficient (Wildman–Crippen LogP) is 3.24. The summed E-state index contributed by atoms with van der Waals surface area (Å²) in [5.41, 5.74) is 2.39. The number of ether oxygens (including phenoxy) is 1. The minimum absolute atomic E-state index is 0.471. The van der Waals surface area contributed by atoms with Gasteiger partial charge in [-0.1, -0.05) is 18.2 Å². The number of hydrogen-bond donors (Lipinski definition) is 2. The van der Waals surface area contributed by atoms with Gasteiger partial charge in [0, 0.05) is 16.9 Å². The molecule has 2 amide bonds. The number of methoxy groups -OCH3 is 1. The van der Waals surface area contributed by atoms with Crippen molar-refractivity contribution in [3.8, 4) is 17.1 Å². The summed E-state index contributed by atoms with van der Waals surface area (Å²) in [6.45, 7) is 1.78. The van der Waals surface area contributed by atoms with Crippen LogP contribution < -0.4 is 15.4 Å². The molecular formula is C19H17N3O4. The maximum absolute atomic E-state index is 12.2. The van der Waals surface area contributed by atoms with E-state index in [9.17, 15) is 9.59 Å². The van der Waals surface area contributed by atoms with Crippen molar-refractivity contribution in [2.75, 3.05) is 17.7 Å². The summed E-state index contributed by atoms with van der Waals surface area (Å²) in [6, 6.07) is 12.2. The number of aromatic nitrogens is 1. The molecule has 26 heavy (non-hydrogen) atoms. The van der Waals surface area contributed by atoms with Crippen LogP contribution in [-0.4, -0.2) is 23.9 Å². The van der Waals surface area contributed by atoms with Gasteiger partial charge >= 0.3 is 11.8 Å². The number of carbonyl (C=O) groups excluding carboxylic acids is 2. The number of rotatable bonds is 4. The van der Waals surface area contributed by atoms with E-state index in [2.05, 4.69) is 15.6 Å². The molecule has 1 heterocycles. The molecule has 0 spiro atoms. The van der Waals surface area contributed by atoms with Gasteiger partial charge in [0.1, 0.15) is 5.75 Å². The third-order valence-electron chi connectivity index (χ3n) is 3.79. The first-order chi connectivity index (χ1) is 12.6. The quantitative estimate of drug-likeness (QED) is 0.704. The van der Waals surface area contributed by atoms with Crippen LogP contribution in [0.5, 0.6) is 5.75 Å². The molecule has 0 aliphatic rings. The maximum atomic E-state index is 12.2. The molecule has 132 valence electrons. The van der Waals surface area contributed by atoms with Crippen molar-refractivity contribution in [3.05, 3.63) is 60.6 Å². The molecule has 0 radical (unpaired) electrons. The van der Waals surface area contributed by atoms with Gasteiger partial charge in [0.2, 0.25) is 0 Å². The van der Waals surface area contributed by atoms with Crippen molar-refractivity contribution < 1.29 is 18.7 Å². The number of carbonyl (C=O) groups is 2. The highest BCUT2D eigenvalue weighted by molar-refractivity contribution is 6.43. The molecule has 0 bridgehead atoms. The molecule has 0 saturated carbocycles. The predicted molar refractivity (Wildman–Crippen MR) is 96.9 cm³/mol. The van der Waals surface area contributed by atoms with Crippen LogP contribution in [0.2, 0.25) is 0 Å². The van der Waals surface area contributed by atoms with Crippen LogP contribution >= 0.6 is 0 Å². The van der Waals surface area contributed by atoms with E-state index in [0.717, 1.165) is 0 Å². The van der Waals surface area contributed by atoms with Gasteiger partial charge < -0.3 is 19.8 Å². The monoisotopic (exact) mass is 351 g/mol. The largest absolute Gasteiger partial charge is 0.496 e. The Morgan fingerprint density at radius 3 is 2.42 bits per heavy atom. The van der Waals surface area contributed by atoms with Crippen molar-refractivity contribution >= 4 is 23.2 Å². The van der Waals surface area contributed by atoms with Gasteiger partial charge in [-0.25, -0.2) is 4.98 Å². The molecule has 0 aliphatic carbocycles. The molecule has 0 unspecified atom stereocenters. The van der Waals surface area contributed by atoms with E-state index in [4.69, 9.17) is 9.15 Å². The highest BCUT2D eigenvalue weighted by Gasteiger charge is 2.19. The Morgan fingerprint density at radius 1 is 1.04 bits per heavy atom. The van der Waals surface area contributed by atoms with Crippen molar-refractivity contribution in [2.45, 2.75) is 6.92 Å². The first-order valence-electron chi connectivity index (χ1n) is 7.84. The second-order valence-electron chi connectivity index (χ2n) is 5.46. The zero-order valence-electron chi connectivity index (χ0n) is 14.3. The summed E-state index contributed by atoms with van der Waals surface area (Å²) >= 11 is 0. The molecule has 2 aromatic carbocycles. The van der Waals surface area contributed by atoms with Crippen molar-refractivity contribution in [1.82, 2.24) is 4.98 Å². The lowest BCUT2D eigenvalue weighted by atomic mass is 10.1. The molecule has 0 aliphatic heterocycles. The van der Waals surface area contributed by atoms with E-state index in [1.807, 2.05) is 6.07 Å². The Bertz CT molecular complexity index is 921. The van der Waals surface area contributed by atoms with Crippen LogP contribution in [0.4, 0.5) is 11.4 Å². The molecule has 1 aromatic heterocycles. The minimum atomic E-state index is -0.772. The molecule has 7 heteroatoms. The SMILES string of the molecule is COc1c(-c2cnco2)ccc(NC(=O)C(=O)Nc2ccccc2)c1C. The van der Waals surface area contributed by atoms with Gasteiger partial charge in [-0.3, -0.25) is 9.59 Å². The van der Waals surface area contributed by atoms with Crippen LogP contribution in [-0.2, 0) is 9.59 Å². The Hall–Kier alpha value is -3.61. The minimum Gasteiger partial charge on any atom is -0.496 e. The molecule has 3 aromatic rings. The lowest BCUT2D eigenvalue weighted by Crippen LogP contribution is -2.29. The topological polar surface area (TPSA) is 93.5 Å². The molecular weight excluding hydrogens is 334 g/mol. The third kappa shape index (κ3) is 3.56. The Balaban J connectivity index is 1.79. The summed E-state index contributed by atoms with van der Waals surface area (Å²) in [5, 5.41) is 5.14. The number of nitrogens with one attached hydrogen (secondary N) is 2. The zero-order chi connectivity index (χ0) is 18.5. The van der Waals surface area contributed by atoms with Gasteiger partial charge in [-0.05, 0) is 31.2 Å². The first kappa shape index (κ1) is 17.2. The fourth-order valence-corrected chi connectivity index (χ4v) is 2.52. The van der Waals surface area contributed by atoms with Gasteiger partial charge in [0.05, 0.1) is 18.9 Å². The van der Waals surface area contributed by atoms with Crippen LogP contribution in [0.3, 0.4) is 0 Å². The fraction of sp³-hybridized carbons (Fsp3) is 0.105. The second kappa shape index (κ2) is 7.52. The summed E-state index contributed by atoms with van der Waals surface area (Å²) in [5.74, 6) is -0.451. The van der Waals surface area contributed by atoms with Gasteiger partial charge in [0.15, 0.2) is 12.2 Å². The standard InChI is InChI=1S/C19H17N3O4/c1-12-15(9-8-14(17(12)25-2)16-10-20-11-26-16)22-19(24)18(23)21-13-6-4-3-5-7-13/h3-11H,1-2H3,(H,21,23)(H,22,24). The Morgan fingerprint density at radius 2 is 1.77 bits per heavy atom. The summed E-state index contributed by atoms with van der Waals surface area (Å²) < 4.78 is 10.7. The van der Waals surface area contributed by atoms with Gasteiger partial charge in [-0.2, -0.15) is 0 Å². The Labute approximate surface area is 150 Å². The van der Waals surface area contributed by atoms with Crippen LogP contribution in [0.15, 0.2) is 59.5 Å². The van der Waals surface area contributed by atoms with Crippen molar-refractivity contribution in [1.29, 1.82) is 0 Å². The summed E-state index contributed by atoms with van der Waals surface area (Å²) in [4.78, 5) is 28.1. The van der Waals surface area contributed by atoms with Gasteiger partial charge in [-0.15, -0.1) is 0 Å². The van der Waals surface area contributed by atoms with Crippen molar-refractivity contribution in [2.24, 2.45) is 0 Å². The Kier molecular flexibility index (Phi) is 4.98. The summed E-state index contributed by atoms with van der Waals surface area (Å²) in [7, 11) is 1.52. The van der Waals surface area contributed by atoms with E-state index in [1.54, 1.807) is 49.5 Å². The summed E-state index contributed by atoms with van der Waals surface area (Å²) in [6.07, 6.45) is 2.90. The number of amides is 2. The third-order valence-corrected chi connectivity index (χ3v) is 3.79. The lowest BCUT2D eigenvalue weighted by Gasteiger charge is -2.14. The van der Waals surface area contributed by atoms with E-state index >= 15 is 0 Å². The molecule has 0 atom stereocenters. The molecule has 0 saturated heterocycles. The molecule has 0 fully saturated rings. The molecule has 7 nitrogen and oxygen atoms in total. The second-order valence-corrected chi connectivity index (χ2v) is 5.46. The zero-order valence-corrected chi connectivity index (χ0v) is 14.3. The first-order valence-corrected chi connectivity index (χ1v) is 7.84. The average molecular weight is 351 g/mol. The molecule has 2 N–H and O–H groups in total. The van der Waals surface area contributed by atoms with Gasteiger partial charge in [0.25, 0.3) is 0 Å². The van der Waals surface area contributed by atoms with E-state index in [1.165, 1.54) is 13.5 Å². The van der Waals surface area contributed by atoms with E-state index in [-0.39, 0.29) is 0 Å². The average Bonchev–Trinajstić information content (AvgIpc) is 3.18. The number of oxazole rings is 1. The molecule has 3 rings (SSSR count). The number of nitrogens with zero attached hydrogens (tertiary/aromatic N) is 1. The highest BCUT2D eigenvalue weighted by Crippen LogP contribution is 2.36. The van der Waals surface area contributed by atoms with Crippen LogP contribution in [0.25, 0.3) is 11.3 Å². The number of benzene rings is 2. The number of para-hydroxylation sites is 1. The normalized spacial score (nSPS) is 10.2. The number of anilines is 2. The van der Waals surface area contributed by atoms with E-state index in [0.29, 0.717) is 34.0 Å². The smallest absolute Gasteiger partial charge is 0.314 e. The fourth-order valence-electron chi connectivity index (χ4n) is 2.52. The van der Waals surface area contributed by atoms with Crippen molar-refractivity contribution in [3.63, 3.8) is 0 Å².